The Morgan fingerprint density at radius 2 is 1.77 bits per heavy atom. The Bertz CT molecular complexity index is 700. The SMILES string of the molecule is CCOCCOc1ccc(NC(=O)COc2ccc(C)cc2OC)cc1. The third-order valence-electron chi connectivity index (χ3n) is 3.52. The molecule has 0 aliphatic carbocycles. The van der Waals surface area contributed by atoms with Gasteiger partial charge in [-0.3, -0.25) is 4.79 Å². The maximum absolute atomic E-state index is 12.1. The molecule has 26 heavy (non-hydrogen) atoms. The van der Waals surface area contributed by atoms with Crippen molar-refractivity contribution in [2.45, 2.75) is 13.8 Å². The maximum Gasteiger partial charge on any atom is 0.262 e. The summed E-state index contributed by atoms with van der Waals surface area (Å²) in [6.45, 7) is 5.51. The molecule has 2 rings (SSSR count). The molecule has 0 fully saturated rings. The summed E-state index contributed by atoms with van der Waals surface area (Å²) in [6.07, 6.45) is 0. The number of rotatable bonds is 10. The smallest absolute Gasteiger partial charge is 0.262 e. The van der Waals surface area contributed by atoms with Crippen molar-refractivity contribution in [3.63, 3.8) is 0 Å². The molecule has 0 aliphatic rings. The van der Waals surface area contributed by atoms with Crippen molar-refractivity contribution in [3.05, 3.63) is 48.0 Å². The van der Waals surface area contributed by atoms with Crippen molar-refractivity contribution < 1.29 is 23.7 Å². The minimum absolute atomic E-state index is 0.105. The number of methoxy groups -OCH3 is 1. The molecule has 0 aliphatic heterocycles. The van der Waals surface area contributed by atoms with Crippen LogP contribution >= 0.6 is 0 Å². The Morgan fingerprint density at radius 3 is 2.46 bits per heavy atom. The fourth-order valence-corrected chi connectivity index (χ4v) is 2.23. The molecule has 0 spiro atoms. The van der Waals surface area contributed by atoms with Gasteiger partial charge < -0.3 is 24.3 Å². The van der Waals surface area contributed by atoms with Gasteiger partial charge in [0.2, 0.25) is 0 Å². The van der Waals surface area contributed by atoms with Crippen LogP contribution in [0.2, 0.25) is 0 Å². The molecule has 0 atom stereocenters. The van der Waals surface area contributed by atoms with E-state index < -0.39 is 0 Å². The highest BCUT2D eigenvalue weighted by atomic mass is 16.5. The number of carbonyl (C=O) groups excluding carboxylic acids is 1. The largest absolute Gasteiger partial charge is 0.493 e. The lowest BCUT2D eigenvalue weighted by atomic mass is 10.2. The van der Waals surface area contributed by atoms with Crippen LogP contribution in [-0.4, -0.2) is 39.4 Å². The molecule has 0 radical (unpaired) electrons. The second kappa shape index (κ2) is 10.3. The third-order valence-corrected chi connectivity index (χ3v) is 3.52. The van der Waals surface area contributed by atoms with Crippen LogP contribution in [0.5, 0.6) is 17.2 Å². The minimum atomic E-state index is -0.252. The number of aryl methyl sites for hydroxylation is 1. The molecule has 1 amide bonds. The van der Waals surface area contributed by atoms with Crippen LogP contribution < -0.4 is 19.5 Å². The van der Waals surface area contributed by atoms with Gasteiger partial charge in [0.25, 0.3) is 5.91 Å². The van der Waals surface area contributed by atoms with E-state index in [0.717, 1.165) is 11.3 Å². The highest BCUT2D eigenvalue weighted by Gasteiger charge is 2.08. The van der Waals surface area contributed by atoms with Crippen molar-refractivity contribution in [1.29, 1.82) is 0 Å². The number of carbonyl (C=O) groups is 1. The lowest BCUT2D eigenvalue weighted by molar-refractivity contribution is -0.118. The Labute approximate surface area is 154 Å². The molecule has 0 saturated carbocycles. The topological polar surface area (TPSA) is 66.0 Å². The van der Waals surface area contributed by atoms with Crippen LogP contribution in [0.25, 0.3) is 0 Å². The number of amides is 1. The fourth-order valence-electron chi connectivity index (χ4n) is 2.23. The van der Waals surface area contributed by atoms with Crippen LogP contribution in [0.15, 0.2) is 42.5 Å². The van der Waals surface area contributed by atoms with E-state index in [9.17, 15) is 4.79 Å². The second-order valence-corrected chi connectivity index (χ2v) is 5.56. The molecule has 2 aromatic rings. The predicted octanol–water partition coefficient (Wildman–Crippen LogP) is 3.44. The highest BCUT2D eigenvalue weighted by molar-refractivity contribution is 5.91. The van der Waals surface area contributed by atoms with Gasteiger partial charge in [-0.05, 0) is 55.8 Å². The molecule has 0 saturated heterocycles. The molecule has 2 aromatic carbocycles. The Balaban J connectivity index is 1.80. The molecular weight excluding hydrogens is 334 g/mol. The van der Waals surface area contributed by atoms with E-state index in [1.54, 1.807) is 37.4 Å². The number of hydrogen-bond acceptors (Lipinski definition) is 5. The van der Waals surface area contributed by atoms with Crippen LogP contribution in [-0.2, 0) is 9.53 Å². The standard InChI is InChI=1S/C20H25NO5/c1-4-24-11-12-25-17-8-6-16(7-9-17)21-20(22)14-26-18-10-5-15(2)13-19(18)23-3/h5-10,13H,4,11-12,14H2,1-3H3,(H,21,22). The number of hydrogen-bond donors (Lipinski definition) is 1. The van der Waals surface area contributed by atoms with E-state index in [1.165, 1.54) is 0 Å². The summed E-state index contributed by atoms with van der Waals surface area (Å²) in [6, 6.07) is 12.7. The number of ether oxygens (including phenoxy) is 4. The van der Waals surface area contributed by atoms with E-state index in [0.29, 0.717) is 37.0 Å². The lowest BCUT2D eigenvalue weighted by Crippen LogP contribution is -2.20. The van der Waals surface area contributed by atoms with Crippen molar-refractivity contribution in [2.75, 3.05) is 38.9 Å². The summed E-state index contributed by atoms with van der Waals surface area (Å²) in [5.74, 6) is 1.61. The van der Waals surface area contributed by atoms with Crippen molar-refractivity contribution in [2.24, 2.45) is 0 Å². The Hall–Kier alpha value is -2.73. The number of anilines is 1. The van der Waals surface area contributed by atoms with E-state index in [1.807, 2.05) is 26.0 Å². The number of nitrogens with one attached hydrogen (secondary N) is 1. The van der Waals surface area contributed by atoms with Gasteiger partial charge in [-0.2, -0.15) is 0 Å². The molecule has 0 heterocycles. The van der Waals surface area contributed by atoms with Crippen LogP contribution in [0.3, 0.4) is 0 Å². The quantitative estimate of drug-likeness (QED) is 0.658. The average Bonchev–Trinajstić information content (AvgIpc) is 2.65. The van der Waals surface area contributed by atoms with Gasteiger partial charge in [0, 0.05) is 12.3 Å². The van der Waals surface area contributed by atoms with Crippen LogP contribution in [0.1, 0.15) is 12.5 Å². The molecule has 1 N–H and O–H groups in total. The fraction of sp³-hybridized carbons (Fsp3) is 0.350. The van der Waals surface area contributed by atoms with Crippen molar-refractivity contribution in [3.8, 4) is 17.2 Å². The van der Waals surface area contributed by atoms with Gasteiger partial charge in [0.05, 0.1) is 13.7 Å². The van der Waals surface area contributed by atoms with Crippen molar-refractivity contribution >= 4 is 11.6 Å². The first-order chi connectivity index (χ1) is 12.6. The zero-order valence-electron chi connectivity index (χ0n) is 15.4. The van der Waals surface area contributed by atoms with E-state index in [2.05, 4.69) is 5.32 Å². The monoisotopic (exact) mass is 359 g/mol. The molecule has 6 heteroatoms. The van der Waals surface area contributed by atoms with Crippen LogP contribution in [0.4, 0.5) is 5.69 Å². The van der Waals surface area contributed by atoms with Crippen LogP contribution in [0, 0.1) is 6.92 Å². The summed E-state index contributed by atoms with van der Waals surface area (Å²) in [7, 11) is 1.57. The molecular formula is C20H25NO5. The first kappa shape index (κ1) is 19.6. The Morgan fingerprint density at radius 1 is 1.00 bits per heavy atom. The van der Waals surface area contributed by atoms with E-state index in [-0.39, 0.29) is 12.5 Å². The second-order valence-electron chi connectivity index (χ2n) is 5.56. The predicted molar refractivity (Wildman–Crippen MR) is 100 cm³/mol. The normalized spacial score (nSPS) is 10.3. The molecule has 140 valence electrons. The summed E-state index contributed by atoms with van der Waals surface area (Å²) >= 11 is 0. The summed E-state index contributed by atoms with van der Waals surface area (Å²) in [5.41, 5.74) is 1.73. The average molecular weight is 359 g/mol. The summed E-state index contributed by atoms with van der Waals surface area (Å²) < 4.78 is 21.5. The molecule has 0 aromatic heterocycles. The lowest BCUT2D eigenvalue weighted by Gasteiger charge is -2.12. The molecule has 0 bridgehead atoms. The van der Waals surface area contributed by atoms with Gasteiger partial charge >= 0.3 is 0 Å². The van der Waals surface area contributed by atoms with Gasteiger partial charge in [0.15, 0.2) is 18.1 Å². The first-order valence-corrected chi connectivity index (χ1v) is 8.50. The highest BCUT2D eigenvalue weighted by Crippen LogP contribution is 2.27. The summed E-state index contributed by atoms with van der Waals surface area (Å²) in [5, 5.41) is 2.78. The van der Waals surface area contributed by atoms with Gasteiger partial charge in [-0.25, -0.2) is 0 Å². The molecule has 6 nitrogen and oxygen atoms in total. The third kappa shape index (κ3) is 6.29. The van der Waals surface area contributed by atoms with Gasteiger partial charge in [-0.15, -0.1) is 0 Å². The zero-order valence-corrected chi connectivity index (χ0v) is 15.4. The number of benzene rings is 2. The van der Waals surface area contributed by atoms with E-state index in [4.69, 9.17) is 18.9 Å². The Kier molecular flexibility index (Phi) is 7.76. The first-order valence-electron chi connectivity index (χ1n) is 8.50. The van der Waals surface area contributed by atoms with Crippen molar-refractivity contribution in [1.82, 2.24) is 0 Å². The molecule has 0 unspecified atom stereocenters. The zero-order chi connectivity index (χ0) is 18.8. The maximum atomic E-state index is 12.1. The minimum Gasteiger partial charge on any atom is -0.493 e. The van der Waals surface area contributed by atoms with Gasteiger partial charge in [0.1, 0.15) is 12.4 Å². The van der Waals surface area contributed by atoms with Gasteiger partial charge in [-0.1, -0.05) is 6.07 Å². The summed E-state index contributed by atoms with van der Waals surface area (Å²) in [4.78, 5) is 12.1. The van der Waals surface area contributed by atoms with E-state index >= 15 is 0 Å².